The van der Waals surface area contributed by atoms with Crippen molar-refractivity contribution in [3.05, 3.63) is 59.2 Å². The molecule has 2 rings (SSSR count). The Morgan fingerprint density at radius 2 is 1.95 bits per heavy atom. The predicted molar refractivity (Wildman–Crippen MR) is 84.5 cm³/mol. The summed E-state index contributed by atoms with van der Waals surface area (Å²) in [4.78, 5) is 12.4. The highest BCUT2D eigenvalue weighted by Crippen LogP contribution is 2.20. The first kappa shape index (κ1) is 14.9. The number of anilines is 1. The fraction of sp³-hybridized carbons (Fsp3) is 0.235. The third-order valence-electron chi connectivity index (χ3n) is 3.56. The number of rotatable bonds is 4. The van der Waals surface area contributed by atoms with E-state index < -0.39 is 0 Å². The van der Waals surface area contributed by atoms with Gasteiger partial charge in [0.25, 0.3) is 5.91 Å². The number of hydrogen-bond acceptors (Lipinski definition) is 3. The molecule has 3 N–H and O–H groups in total. The van der Waals surface area contributed by atoms with Gasteiger partial charge in [-0.15, -0.1) is 0 Å². The summed E-state index contributed by atoms with van der Waals surface area (Å²) < 4.78 is 5.20. The molecule has 0 aliphatic carbocycles. The van der Waals surface area contributed by atoms with Crippen molar-refractivity contribution in [2.45, 2.75) is 19.9 Å². The molecule has 0 fully saturated rings. The number of carbonyl (C=O) groups is 1. The number of benzene rings is 2. The molecule has 110 valence electrons. The number of methoxy groups -OCH3 is 1. The number of hydrogen-bond donors (Lipinski definition) is 2. The maximum atomic E-state index is 12.4. The molecule has 2 aromatic rings. The first-order valence-electron chi connectivity index (χ1n) is 6.83. The zero-order valence-corrected chi connectivity index (χ0v) is 12.5. The van der Waals surface area contributed by atoms with Crippen LogP contribution in [0.15, 0.2) is 42.5 Å². The molecule has 0 aromatic heterocycles. The van der Waals surface area contributed by atoms with Crippen molar-refractivity contribution in [2.75, 3.05) is 12.8 Å². The molecule has 1 amide bonds. The van der Waals surface area contributed by atoms with Crippen molar-refractivity contribution < 1.29 is 9.53 Å². The summed E-state index contributed by atoms with van der Waals surface area (Å²) in [6, 6.07) is 12.9. The van der Waals surface area contributed by atoms with Crippen molar-refractivity contribution in [1.29, 1.82) is 0 Å². The van der Waals surface area contributed by atoms with Gasteiger partial charge in [-0.25, -0.2) is 0 Å². The summed E-state index contributed by atoms with van der Waals surface area (Å²) in [5.41, 5.74) is 8.85. The van der Waals surface area contributed by atoms with E-state index in [0.29, 0.717) is 11.3 Å². The SMILES string of the molecule is COc1cccc([C@H](C)NC(=O)c2cccc(N)c2C)c1. The molecule has 1 atom stereocenters. The summed E-state index contributed by atoms with van der Waals surface area (Å²) in [6.07, 6.45) is 0. The molecule has 0 spiro atoms. The van der Waals surface area contributed by atoms with Crippen LogP contribution in [0.2, 0.25) is 0 Å². The lowest BCUT2D eigenvalue weighted by Crippen LogP contribution is -2.27. The van der Waals surface area contributed by atoms with Crippen LogP contribution in [-0.2, 0) is 0 Å². The van der Waals surface area contributed by atoms with Gasteiger partial charge in [-0.05, 0) is 49.2 Å². The third-order valence-corrected chi connectivity index (χ3v) is 3.56. The number of nitrogens with one attached hydrogen (secondary N) is 1. The largest absolute Gasteiger partial charge is 0.497 e. The van der Waals surface area contributed by atoms with Gasteiger partial charge in [0.05, 0.1) is 13.2 Å². The van der Waals surface area contributed by atoms with Crippen LogP contribution in [0.25, 0.3) is 0 Å². The van der Waals surface area contributed by atoms with Crippen molar-refractivity contribution in [3.8, 4) is 5.75 Å². The monoisotopic (exact) mass is 284 g/mol. The molecule has 0 saturated heterocycles. The van der Waals surface area contributed by atoms with E-state index in [2.05, 4.69) is 5.32 Å². The van der Waals surface area contributed by atoms with Crippen molar-refractivity contribution in [1.82, 2.24) is 5.32 Å². The van der Waals surface area contributed by atoms with E-state index in [1.54, 1.807) is 25.3 Å². The van der Waals surface area contributed by atoms with E-state index in [0.717, 1.165) is 16.9 Å². The Hall–Kier alpha value is -2.49. The van der Waals surface area contributed by atoms with E-state index in [1.165, 1.54) is 0 Å². The molecule has 0 unspecified atom stereocenters. The van der Waals surface area contributed by atoms with Crippen molar-refractivity contribution in [2.24, 2.45) is 0 Å². The lowest BCUT2D eigenvalue weighted by Gasteiger charge is -2.16. The third kappa shape index (κ3) is 3.34. The molecule has 0 heterocycles. The number of nitrogen functional groups attached to an aromatic ring is 1. The summed E-state index contributed by atoms with van der Waals surface area (Å²) in [5, 5.41) is 2.98. The second-order valence-corrected chi connectivity index (χ2v) is 4.99. The average Bonchev–Trinajstić information content (AvgIpc) is 2.49. The van der Waals surface area contributed by atoms with Gasteiger partial charge in [0.1, 0.15) is 5.75 Å². The predicted octanol–water partition coefficient (Wildman–Crippen LogP) is 3.08. The van der Waals surface area contributed by atoms with Gasteiger partial charge < -0.3 is 15.8 Å². The first-order chi connectivity index (χ1) is 10.0. The minimum atomic E-state index is -0.130. The molecule has 0 saturated carbocycles. The molecular weight excluding hydrogens is 264 g/mol. The number of carbonyl (C=O) groups excluding carboxylic acids is 1. The van der Waals surface area contributed by atoms with E-state index in [1.807, 2.05) is 38.1 Å². The van der Waals surface area contributed by atoms with Gasteiger partial charge in [-0.3, -0.25) is 4.79 Å². The Labute approximate surface area is 124 Å². The maximum Gasteiger partial charge on any atom is 0.252 e. The van der Waals surface area contributed by atoms with Crippen molar-refractivity contribution >= 4 is 11.6 Å². The fourth-order valence-electron chi connectivity index (χ4n) is 2.17. The summed E-state index contributed by atoms with van der Waals surface area (Å²) in [5.74, 6) is 0.642. The van der Waals surface area contributed by atoms with Crippen LogP contribution >= 0.6 is 0 Å². The second-order valence-electron chi connectivity index (χ2n) is 4.99. The average molecular weight is 284 g/mol. The molecule has 4 heteroatoms. The Bertz CT molecular complexity index is 653. The zero-order chi connectivity index (χ0) is 15.4. The molecular formula is C17H20N2O2. The Morgan fingerprint density at radius 3 is 2.67 bits per heavy atom. The molecule has 21 heavy (non-hydrogen) atoms. The van der Waals surface area contributed by atoms with Crippen LogP contribution in [0.5, 0.6) is 5.75 Å². The van der Waals surface area contributed by atoms with E-state index in [-0.39, 0.29) is 11.9 Å². The van der Waals surface area contributed by atoms with Gasteiger partial charge in [0.15, 0.2) is 0 Å². The van der Waals surface area contributed by atoms with Gasteiger partial charge in [0, 0.05) is 11.3 Å². The summed E-state index contributed by atoms with van der Waals surface area (Å²) in [6.45, 7) is 3.79. The normalized spacial score (nSPS) is 11.8. The lowest BCUT2D eigenvalue weighted by atomic mass is 10.0. The van der Waals surface area contributed by atoms with Crippen LogP contribution in [0.3, 0.4) is 0 Å². The van der Waals surface area contributed by atoms with Crippen LogP contribution in [-0.4, -0.2) is 13.0 Å². The van der Waals surface area contributed by atoms with Gasteiger partial charge in [-0.2, -0.15) is 0 Å². The smallest absolute Gasteiger partial charge is 0.252 e. The topological polar surface area (TPSA) is 64.3 Å². The number of amides is 1. The van der Waals surface area contributed by atoms with E-state index >= 15 is 0 Å². The van der Waals surface area contributed by atoms with Crippen LogP contribution in [0, 0.1) is 6.92 Å². The molecule has 2 aromatic carbocycles. The summed E-state index contributed by atoms with van der Waals surface area (Å²) >= 11 is 0. The number of ether oxygens (including phenoxy) is 1. The Kier molecular flexibility index (Phi) is 4.48. The molecule has 0 bridgehead atoms. The zero-order valence-electron chi connectivity index (χ0n) is 12.5. The van der Waals surface area contributed by atoms with E-state index in [9.17, 15) is 4.79 Å². The quantitative estimate of drug-likeness (QED) is 0.848. The lowest BCUT2D eigenvalue weighted by molar-refractivity contribution is 0.0939. The number of nitrogens with two attached hydrogens (primary N) is 1. The van der Waals surface area contributed by atoms with E-state index in [4.69, 9.17) is 10.5 Å². The maximum absolute atomic E-state index is 12.4. The first-order valence-corrected chi connectivity index (χ1v) is 6.83. The van der Waals surface area contributed by atoms with Crippen LogP contribution < -0.4 is 15.8 Å². The Balaban J connectivity index is 2.16. The molecule has 0 aliphatic heterocycles. The highest BCUT2D eigenvalue weighted by atomic mass is 16.5. The molecule has 0 aliphatic rings. The van der Waals surface area contributed by atoms with Gasteiger partial charge in [0.2, 0.25) is 0 Å². The highest BCUT2D eigenvalue weighted by molar-refractivity contribution is 5.97. The minimum Gasteiger partial charge on any atom is -0.497 e. The summed E-state index contributed by atoms with van der Waals surface area (Å²) in [7, 11) is 1.62. The second kappa shape index (κ2) is 6.31. The van der Waals surface area contributed by atoms with Crippen molar-refractivity contribution in [3.63, 3.8) is 0 Å². The Morgan fingerprint density at radius 1 is 1.24 bits per heavy atom. The van der Waals surface area contributed by atoms with Crippen LogP contribution in [0.4, 0.5) is 5.69 Å². The van der Waals surface area contributed by atoms with Gasteiger partial charge >= 0.3 is 0 Å². The highest BCUT2D eigenvalue weighted by Gasteiger charge is 2.14. The standard InChI is InChI=1S/C17H20N2O2/c1-11-15(8-5-9-16(11)18)17(20)19-12(2)13-6-4-7-14(10-13)21-3/h4-10,12H,18H2,1-3H3,(H,19,20)/t12-/m0/s1. The fourth-order valence-corrected chi connectivity index (χ4v) is 2.17. The minimum absolute atomic E-state index is 0.117. The molecule has 0 radical (unpaired) electrons. The molecule has 4 nitrogen and oxygen atoms in total. The van der Waals surface area contributed by atoms with Crippen LogP contribution in [0.1, 0.15) is 34.5 Å². The van der Waals surface area contributed by atoms with Gasteiger partial charge in [-0.1, -0.05) is 18.2 Å².